The lowest BCUT2D eigenvalue weighted by Gasteiger charge is -2.17. The summed E-state index contributed by atoms with van der Waals surface area (Å²) in [6.07, 6.45) is 0.323. The Bertz CT molecular complexity index is 712. The zero-order valence-electron chi connectivity index (χ0n) is 15.9. The van der Waals surface area contributed by atoms with Gasteiger partial charge in [0.25, 0.3) is 0 Å². The van der Waals surface area contributed by atoms with Crippen molar-refractivity contribution >= 4 is 5.91 Å². The lowest BCUT2D eigenvalue weighted by Crippen LogP contribution is -2.28. The summed E-state index contributed by atoms with van der Waals surface area (Å²) in [4.78, 5) is 12.3. The van der Waals surface area contributed by atoms with Gasteiger partial charge < -0.3 is 19.5 Å². The fourth-order valence-electron chi connectivity index (χ4n) is 2.64. The Balaban J connectivity index is 2.02. The maximum Gasteiger partial charge on any atom is 0.224 e. The van der Waals surface area contributed by atoms with Crippen LogP contribution in [0.2, 0.25) is 0 Å². The fraction of sp³-hybridized carbons (Fsp3) is 0.381. The molecule has 0 saturated heterocycles. The van der Waals surface area contributed by atoms with Crippen molar-refractivity contribution in [1.29, 1.82) is 0 Å². The van der Waals surface area contributed by atoms with E-state index in [1.807, 2.05) is 63.2 Å². The average Bonchev–Trinajstić information content (AvgIpc) is 2.64. The van der Waals surface area contributed by atoms with Gasteiger partial charge in [0.05, 0.1) is 32.8 Å². The summed E-state index contributed by atoms with van der Waals surface area (Å²) in [5.41, 5.74) is 1.91. The van der Waals surface area contributed by atoms with E-state index in [1.165, 1.54) is 0 Å². The zero-order chi connectivity index (χ0) is 18.9. The van der Waals surface area contributed by atoms with Crippen LogP contribution in [0, 0.1) is 0 Å². The van der Waals surface area contributed by atoms with Gasteiger partial charge in [0, 0.05) is 0 Å². The molecule has 2 aromatic carbocycles. The molecule has 0 aliphatic rings. The minimum Gasteiger partial charge on any atom is -0.497 e. The first-order valence-electron chi connectivity index (χ1n) is 8.89. The van der Waals surface area contributed by atoms with Gasteiger partial charge in [-0.1, -0.05) is 18.2 Å². The predicted molar refractivity (Wildman–Crippen MR) is 102 cm³/mol. The van der Waals surface area contributed by atoms with Crippen molar-refractivity contribution in [3.63, 3.8) is 0 Å². The first kappa shape index (κ1) is 19.6. The molecule has 0 radical (unpaired) electrons. The number of hydrogen-bond acceptors (Lipinski definition) is 4. The number of carbonyl (C=O) groups excluding carboxylic acids is 1. The second kappa shape index (κ2) is 9.70. The molecule has 2 aromatic rings. The molecule has 5 heteroatoms. The Morgan fingerprint density at radius 3 is 2.27 bits per heavy atom. The number of carbonyl (C=O) groups is 1. The first-order valence-corrected chi connectivity index (χ1v) is 8.89. The largest absolute Gasteiger partial charge is 0.497 e. The van der Waals surface area contributed by atoms with E-state index in [0.29, 0.717) is 25.4 Å². The summed E-state index contributed by atoms with van der Waals surface area (Å²) in [7, 11) is 1.62. The van der Waals surface area contributed by atoms with E-state index in [4.69, 9.17) is 14.2 Å². The van der Waals surface area contributed by atoms with E-state index in [1.54, 1.807) is 7.11 Å². The van der Waals surface area contributed by atoms with Gasteiger partial charge in [0.1, 0.15) is 5.75 Å². The van der Waals surface area contributed by atoms with Crippen LogP contribution in [-0.2, 0) is 11.2 Å². The highest BCUT2D eigenvalue weighted by molar-refractivity contribution is 5.79. The molecule has 0 fully saturated rings. The Hall–Kier alpha value is -2.69. The number of methoxy groups -OCH3 is 1. The summed E-state index contributed by atoms with van der Waals surface area (Å²) in [6.45, 7) is 6.96. The molecule has 0 aliphatic carbocycles. The van der Waals surface area contributed by atoms with Gasteiger partial charge in [-0.15, -0.1) is 0 Å². The molecule has 0 heterocycles. The van der Waals surface area contributed by atoms with Crippen molar-refractivity contribution in [3.8, 4) is 17.2 Å². The maximum atomic E-state index is 12.3. The Labute approximate surface area is 155 Å². The summed E-state index contributed by atoms with van der Waals surface area (Å²) >= 11 is 0. The third-order valence-electron chi connectivity index (χ3n) is 3.97. The number of ether oxygens (including phenoxy) is 3. The predicted octanol–water partition coefficient (Wildman–Crippen LogP) is 3.91. The highest BCUT2D eigenvalue weighted by Gasteiger charge is 2.13. The number of nitrogens with one attached hydrogen (secondary N) is 1. The SMILES string of the molecule is CCOc1ccc(C(C)NC(=O)Cc2ccc(OC)cc2)cc1OCC. The topological polar surface area (TPSA) is 56.8 Å². The van der Waals surface area contributed by atoms with Crippen LogP contribution in [0.25, 0.3) is 0 Å². The van der Waals surface area contributed by atoms with E-state index in [-0.39, 0.29) is 11.9 Å². The van der Waals surface area contributed by atoms with E-state index in [0.717, 1.165) is 22.6 Å². The van der Waals surface area contributed by atoms with E-state index in [2.05, 4.69) is 5.32 Å². The minimum absolute atomic E-state index is 0.0329. The molecule has 1 atom stereocenters. The quantitative estimate of drug-likeness (QED) is 0.739. The van der Waals surface area contributed by atoms with E-state index < -0.39 is 0 Å². The van der Waals surface area contributed by atoms with Gasteiger partial charge in [0.2, 0.25) is 5.91 Å². The Kier molecular flexibility index (Phi) is 7.33. The first-order chi connectivity index (χ1) is 12.6. The average molecular weight is 357 g/mol. The van der Waals surface area contributed by atoms with E-state index in [9.17, 15) is 4.79 Å². The van der Waals surface area contributed by atoms with E-state index >= 15 is 0 Å². The van der Waals surface area contributed by atoms with Gasteiger partial charge in [0.15, 0.2) is 11.5 Å². The molecule has 1 amide bonds. The van der Waals surface area contributed by atoms with Crippen molar-refractivity contribution in [2.24, 2.45) is 0 Å². The molecule has 0 saturated carbocycles. The zero-order valence-corrected chi connectivity index (χ0v) is 15.9. The monoisotopic (exact) mass is 357 g/mol. The van der Waals surface area contributed by atoms with Crippen molar-refractivity contribution < 1.29 is 19.0 Å². The normalized spacial score (nSPS) is 11.5. The van der Waals surface area contributed by atoms with Crippen molar-refractivity contribution in [2.45, 2.75) is 33.2 Å². The van der Waals surface area contributed by atoms with Gasteiger partial charge in [-0.2, -0.15) is 0 Å². The summed E-state index contributed by atoms with van der Waals surface area (Å²) in [5.74, 6) is 2.16. The van der Waals surface area contributed by atoms with Crippen LogP contribution in [0.3, 0.4) is 0 Å². The van der Waals surface area contributed by atoms with Gasteiger partial charge in [-0.25, -0.2) is 0 Å². The number of amides is 1. The molecular formula is C21H27NO4. The van der Waals surface area contributed by atoms with Crippen LogP contribution in [0.5, 0.6) is 17.2 Å². The summed E-state index contributed by atoms with van der Waals surface area (Å²) < 4.78 is 16.4. The van der Waals surface area contributed by atoms with Gasteiger partial charge in [-0.05, 0) is 56.2 Å². The lowest BCUT2D eigenvalue weighted by molar-refractivity contribution is -0.121. The molecule has 5 nitrogen and oxygen atoms in total. The third-order valence-corrected chi connectivity index (χ3v) is 3.97. The van der Waals surface area contributed by atoms with Crippen molar-refractivity contribution in [1.82, 2.24) is 5.32 Å². The highest BCUT2D eigenvalue weighted by Crippen LogP contribution is 2.30. The van der Waals surface area contributed by atoms with Gasteiger partial charge >= 0.3 is 0 Å². The summed E-state index contributed by atoms with van der Waals surface area (Å²) in [6, 6.07) is 13.1. The molecule has 0 aliphatic heterocycles. The lowest BCUT2D eigenvalue weighted by atomic mass is 10.1. The molecule has 0 aromatic heterocycles. The van der Waals surface area contributed by atoms with Crippen LogP contribution in [0.15, 0.2) is 42.5 Å². The van der Waals surface area contributed by atoms with Crippen LogP contribution >= 0.6 is 0 Å². The molecule has 0 spiro atoms. The molecule has 140 valence electrons. The second-order valence-corrected chi connectivity index (χ2v) is 5.89. The third kappa shape index (κ3) is 5.41. The fourth-order valence-corrected chi connectivity index (χ4v) is 2.64. The number of hydrogen-bond donors (Lipinski definition) is 1. The smallest absolute Gasteiger partial charge is 0.224 e. The molecule has 1 N–H and O–H groups in total. The molecule has 2 rings (SSSR count). The molecule has 0 bridgehead atoms. The highest BCUT2D eigenvalue weighted by atomic mass is 16.5. The second-order valence-electron chi connectivity index (χ2n) is 5.89. The van der Waals surface area contributed by atoms with Crippen LogP contribution < -0.4 is 19.5 Å². The summed E-state index contributed by atoms with van der Waals surface area (Å²) in [5, 5.41) is 3.03. The van der Waals surface area contributed by atoms with Gasteiger partial charge in [-0.3, -0.25) is 4.79 Å². The van der Waals surface area contributed by atoms with Crippen molar-refractivity contribution in [3.05, 3.63) is 53.6 Å². The Morgan fingerprint density at radius 1 is 1.00 bits per heavy atom. The molecule has 26 heavy (non-hydrogen) atoms. The molecular weight excluding hydrogens is 330 g/mol. The van der Waals surface area contributed by atoms with Crippen LogP contribution in [-0.4, -0.2) is 26.2 Å². The van der Waals surface area contributed by atoms with Crippen molar-refractivity contribution in [2.75, 3.05) is 20.3 Å². The standard InChI is InChI=1S/C21H27NO4/c1-5-25-19-12-9-17(14-20(19)26-6-2)15(3)22-21(23)13-16-7-10-18(24-4)11-8-16/h7-12,14-15H,5-6,13H2,1-4H3,(H,22,23). The number of benzene rings is 2. The van der Waals surface area contributed by atoms with Crippen LogP contribution in [0.1, 0.15) is 37.9 Å². The maximum absolute atomic E-state index is 12.3. The molecule has 1 unspecified atom stereocenters. The van der Waals surface area contributed by atoms with Crippen LogP contribution in [0.4, 0.5) is 0 Å². The Morgan fingerprint density at radius 2 is 1.65 bits per heavy atom. The minimum atomic E-state index is -0.129. The number of rotatable bonds is 9.